The summed E-state index contributed by atoms with van der Waals surface area (Å²) in [6.07, 6.45) is 5.38. The number of anilines is 1. The molecule has 0 saturated carbocycles. The number of imidazole rings is 1. The minimum atomic E-state index is -0.465. The van der Waals surface area contributed by atoms with Crippen LogP contribution in [0.5, 0.6) is 0 Å². The van der Waals surface area contributed by atoms with Crippen molar-refractivity contribution in [1.82, 2.24) is 9.55 Å². The van der Waals surface area contributed by atoms with E-state index in [9.17, 15) is 14.9 Å². The van der Waals surface area contributed by atoms with Gasteiger partial charge in [0.15, 0.2) is 0 Å². The highest BCUT2D eigenvalue weighted by Gasteiger charge is 2.23. The molecule has 0 aliphatic carbocycles. The van der Waals surface area contributed by atoms with E-state index >= 15 is 0 Å². The highest BCUT2D eigenvalue weighted by molar-refractivity contribution is 5.94. The van der Waals surface area contributed by atoms with Crippen LogP contribution in [0.2, 0.25) is 0 Å². The standard InChI is InChI=1S/C21H22N4O3/c1-15(2)21(24-11-10-22-14-24)17-8-9-18(19(13-17)25(27)28)23-20(26)12-16-6-4-3-5-7-16/h3-11,13-15,21H,12H2,1-2H3,(H,23,26). The van der Waals surface area contributed by atoms with Crippen LogP contribution in [0, 0.1) is 16.0 Å². The molecule has 0 radical (unpaired) electrons. The van der Waals surface area contributed by atoms with E-state index in [4.69, 9.17) is 0 Å². The Hall–Kier alpha value is -3.48. The zero-order valence-electron chi connectivity index (χ0n) is 15.8. The minimum Gasteiger partial charge on any atom is -0.330 e. The first-order valence-electron chi connectivity index (χ1n) is 9.05. The number of nitro benzene ring substituents is 1. The second-order valence-electron chi connectivity index (χ2n) is 6.94. The molecule has 1 aromatic heterocycles. The molecule has 1 amide bonds. The summed E-state index contributed by atoms with van der Waals surface area (Å²) in [6.45, 7) is 4.10. The SMILES string of the molecule is CC(C)C(c1ccc(NC(=O)Cc2ccccc2)c([N+](=O)[O-])c1)n1ccnc1. The maximum absolute atomic E-state index is 12.3. The number of nitrogens with zero attached hydrogens (tertiary/aromatic N) is 3. The third-order valence-corrected chi connectivity index (χ3v) is 4.52. The molecule has 0 aliphatic heterocycles. The molecule has 0 spiro atoms. The van der Waals surface area contributed by atoms with Gasteiger partial charge in [-0.05, 0) is 23.1 Å². The Balaban J connectivity index is 1.87. The van der Waals surface area contributed by atoms with Gasteiger partial charge >= 0.3 is 0 Å². The molecule has 3 rings (SSSR count). The summed E-state index contributed by atoms with van der Waals surface area (Å²) in [5.41, 5.74) is 1.72. The van der Waals surface area contributed by atoms with Gasteiger partial charge < -0.3 is 9.88 Å². The van der Waals surface area contributed by atoms with Crippen LogP contribution in [-0.4, -0.2) is 20.4 Å². The van der Waals surface area contributed by atoms with Crippen LogP contribution in [0.3, 0.4) is 0 Å². The van der Waals surface area contributed by atoms with E-state index in [0.717, 1.165) is 11.1 Å². The lowest BCUT2D eigenvalue weighted by Gasteiger charge is -2.23. The lowest BCUT2D eigenvalue weighted by Crippen LogP contribution is -2.17. The molecular weight excluding hydrogens is 356 g/mol. The average Bonchev–Trinajstić information content (AvgIpc) is 3.17. The first-order chi connectivity index (χ1) is 13.5. The second kappa shape index (κ2) is 8.47. The molecule has 1 heterocycles. The number of hydrogen-bond acceptors (Lipinski definition) is 4. The van der Waals surface area contributed by atoms with Gasteiger partial charge in [-0.1, -0.05) is 50.2 Å². The summed E-state index contributed by atoms with van der Waals surface area (Å²) in [7, 11) is 0. The van der Waals surface area contributed by atoms with Crippen molar-refractivity contribution in [2.75, 3.05) is 5.32 Å². The molecule has 7 heteroatoms. The van der Waals surface area contributed by atoms with Gasteiger partial charge in [-0.25, -0.2) is 4.98 Å². The lowest BCUT2D eigenvalue weighted by atomic mass is 9.95. The van der Waals surface area contributed by atoms with Gasteiger partial charge in [0.05, 0.1) is 23.7 Å². The molecular formula is C21H22N4O3. The summed E-state index contributed by atoms with van der Waals surface area (Å²) in [6, 6.07) is 14.1. The minimum absolute atomic E-state index is 0.0877. The van der Waals surface area contributed by atoms with Crippen molar-refractivity contribution in [2.45, 2.75) is 26.3 Å². The molecule has 2 aromatic carbocycles. The average molecular weight is 378 g/mol. The fraction of sp³-hybridized carbons (Fsp3) is 0.238. The molecule has 7 nitrogen and oxygen atoms in total. The number of carbonyl (C=O) groups is 1. The van der Waals surface area contributed by atoms with E-state index in [1.807, 2.05) is 61.0 Å². The van der Waals surface area contributed by atoms with Gasteiger partial charge in [0, 0.05) is 18.5 Å². The smallest absolute Gasteiger partial charge is 0.293 e. The number of nitrogens with one attached hydrogen (secondary N) is 1. The normalized spacial score (nSPS) is 12.0. The number of carbonyl (C=O) groups excluding carboxylic acids is 1. The number of rotatable bonds is 7. The van der Waals surface area contributed by atoms with Crippen molar-refractivity contribution in [3.63, 3.8) is 0 Å². The van der Waals surface area contributed by atoms with Crippen LogP contribution in [0.1, 0.15) is 31.0 Å². The highest BCUT2D eigenvalue weighted by atomic mass is 16.6. The molecule has 1 atom stereocenters. The van der Waals surface area contributed by atoms with Crippen molar-refractivity contribution >= 4 is 17.3 Å². The summed E-state index contributed by atoms with van der Waals surface area (Å²) < 4.78 is 1.93. The van der Waals surface area contributed by atoms with E-state index in [-0.39, 0.29) is 35.7 Å². The van der Waals surface area contributed by atoms with E-state index in [2.05, 4.69) is 10.3 Å². The third-order valence-electron chi connectivity index (χ3n) is 4.52. The maximum atomic E-state index is 12.3. The fourth-order valence-electron chi connectivity index (χ4n) is 3.30. The van der Waals surface area contributed by atoms with Crippen LogP contribution < -0.4 is 5.32 Å². The topological polar surface area (TPSA) is 90.1 Å². The number of hydrogen-bond donors (Lipinski definition) is 1. The molecule has 0 saturated heterocycles. The first-order valence-corrected chi connectivity index (χ1v) is 9.05. The second-order valence-corrected chi connectivity index (χ2v) is 6.94. The van der Waals surface area contributed by atoms with Crippen molar-refractivity contribution in [3.8, 4) is 0 Å². The van der Waals surface area contributed by atoms with Crippen LogP contribution in [0.15, 0.2) is 67.3 Å². The molecule has 1 unspecified atom stereocenters. The molecule has 28 heavy (non-hydrogen) atoms. The molecule has 144 valence electrons. The molecule has 1 N–H and O–H groups in total. The van der Waals surface area contributed by atoms with Gasteiger partial charge in [-0.3, -0.25) is 14.9 Å². The van der Waals surface area contributed by atoms with Crippen LogP contribution in [-0.2, 0) is 11.2 Å². The Labute approximate surface area is 163 Å². The predicted molar refractivity (Wildman–Crippen MR) is 107 cm³/mol. The number of amides is 1. The number of benzene rings is 2. The molecule has 0 fully saturated rings. The first kappa shape index (κ1) is 19.3. The summed E-state index contributed by atoms with van der Waals surface area (Å²) >= 11 is 0. The van der Waals surface area contributed by atoms with Gasteiger partial charge in [0.2, 0.25) is 5.91 Å². The Morgan fingerprint density at radius 1 is 1.21 bits per heavy atom. The van der Waals surface area contributed by atoms with E-state index in [0.29, 0.717) is 0 Å². The van der Waals surface area contributed by atoms with Crippen LogP contribution >= 0.6 is 0 Å². The largest absolute Gasteiger partial charge is 0.330 e. The van der Waals surface area contributed by atoms with Crippen molar-refractivity contribution in [3.05, 3.63) is 88.5 Å². The Morgan fingerprint density at radius 2 is 1.96 bits per heavy atom. The van der Waals surface area contributed by atoms with Crippen LogP contribution in [0.25, 0.3) is 0 Å². The molecule has 0 bridgehead atoms. The summed E-state index contributed by atoms with van der Waals surface area (Å²) in [5, 5.41) is 14.3. The predicted octanol–water partition coefficient (Wildman–Crippen LogP) is 4.22. The van der Waals surface area contributed by atoms with E-state index in [1.165, 1.54) is 6.07 Å². The maximum Gasteiger partial charge on any atom is 0.293 e. The van der Waals surface area contributed by atoms with Crippen molar-refractivity contribution in [1.29, 1.82) is 0 Å². The van der Waals surface area contributed by atoms with Gasteiger partial charge in [-0.15, -0.1) is 0 Å². The monoisotopic (exact) mass is 378 g/mol. The zero-order chi connectivity index (χ0) is 20.1. The van der Waals surface area contributed by atoms with Gasteiger partial charge in [0.1, 0.15) is 5.69 Å². The zero-order valence-corrected chi connectivity index (χ0v) is 15.8. The Morgan fingerprint density at radius 3 is 2.57 bits per heavy atom. The van der Waals surface area contributed by atoms with Crippen molar-refractivity contribution in [2.24, 2.45) is 5.92 Å². The number of aromatic nitrogens is 2. The number of nitro groups is 1. The molecule has 3 aromatic rings. The summed E-state index contributed by atoms with van der Waals surface area (Å²) in [5.74, 6) is -0.0932. The van der Waals surface area contributed by atoms with Crippen LogP contribution in [0.4, 0.5) is 11.4 Å². The summed E-state index contributed by atoms with van der Waals surface area (Å²) in [4.78, 5) is 27.6. The quantitative estimate of drug-likeness (QED) is 0.492. The van der Waals surface area contributed by atoms with Gasteiger partial charge in [-0.2, -0.15) is 0 Å². The third kappa shape index (κ3) is 4.43. The lowest BCUT2D eigenvalue weighted by molar-refractivity contribution is -0.384. The molecule has 0 aliphatic rings. The van der Waals surface area contributed by atoms with Crippen molar-refractivity contribution < 1.29 is 9.72 Å². The highest BCUT2D eigenvalue weighted by Crippen LogP contribution is 2.33. The van der Waals surface area contributed by atoms with Gasteiger partial charge in [0.25, 0.3) is 5.69 Å². The fourth-order valence-corrected chi connectivity index (χ4v) is 3.30. The Bertz CT molecular complexity index is 953. The van der Waals surface area contributed by atoms with E-state index in [1.54, 1.807) is 18.6 Å². The van der Waals surface area contributed by atoms with E-state index < -0.39 is 4.92 Å². The Kier molecular flexibility index (Phi) is 5.84.